The number of nitrogens with one attached hydrogen (secondary N) is 1. The molecule has 2 aromatic rings. The number of hydrogen-bond donors (Lipinski definition) is 2. The molecule has 0 saturated heterocycles. The molecule has 9 nitrogen and oxygen atoms in total. The van der Waals surface area contributed by atoms with Crippen LogP contribution in [0.3, 0.4) is 0 Å². The molecule has 2 saturated carbocycles. The molecular formula is C24H31N5O4. The Balaban J connectivity index is 0.00000126. The van der Waals surface area contributed by atoms with Crippen LogP contribution in [-0.2, 0) is 4.79 Å². The number of nitrogens with zero attached hydrogens (tertiary/aromatic N) is 4. The van der Waals surface area contributed by atoms with Gasteiger partial charge in [0, 0.05) is 13.1 Å². The van der Waals surface area contributed by atoms with E-state index in [1.54, 1.807) is 24.2 Å². The molecule has 0 radical (unpaired) electrons. The lowest BCUT2D eigenvalue weighted by atomic mass is 10.0. The van der Waals surface area contributed by atoms with Gasteiger partial charge in [-0.2, -0.15) is 4.98 Å². The van der Waals surface area contributed by atoms with Gasteiger partial charge in [-0.25, -0.2) is 9.78 Å². The van der Waals surface area contributed by atoms with Gasteiger partial charge >= 0.3 is 5.97 Å². The highest BCUT2D eigenvalue weighted by atomic mass is 16.5. The normalized spacial score (nSPS) is 18.5. The van der Waals surface area contributed by atoms with Crippen molar-refractivity contribution in [1.29, 1.82) is 0 Å². The first-order chi connectivity index (χ1) is 15.9. The van der Waals surface area contributed by atoms with E-state index in [2.05, 4.69) is 15.2 Å². The van der Waals surface area contributed by atoms with E-state index in [1.165, 1.54) is 32.1 Å². The zero-order valence-corrected chi connectivity index (χ0v) is 19.6. The van der Waals surface area contributed by atoms with E-state index in [1.807, 2.05) is 13.8 Å². The minimum absolute atomic E-state index is 0.127. The summed E-state index contributed by atoms with van der Waals surface area (Å²) in [5, 5.41) is 12.4. The monoisotopic (exact) mass is 453 g/mol. The summed E-state index contributed by atoms with van der Waals surface area (Å²) in [7, 11) is 3.27. The largest absolute Gasteiger partial charge is 0.495 e. The third-order valence-electron chi connectivity index (χ3n) is 6.61. The molecule has 0 bridgehead atoms. The maximum absolute atomic E-state index is 13.1. The number of carboxylic acid groups (broad SMARTS) is 1. The Morgan fingerprint density at radius 2 is 1.94 bits per heavy atom. The Morgan fingerprint density at radius 1 is 1.24 bits per heavy atom. The first kappa shape index (κ1) is 22.8. The van der Waals surface area contributed by atoms with Gasteiger partial charge in [0.15, 0.2) is 5.82 Å². The summed E-state index contributed by atoms with van der Waals surface area (Å²) in [5.41, 5.74) is 0.954. The number of benzene rings is 1. The van der Waals surface area contributed by atoms with Crippen molar-refractivity contribution < 1.29 is 19.4 Å². The third-order valence-corrected chi connectivity index (χ3v) is 6.61. The standard InChI is InChI=1S/C22H25N5O4.C2H6/c1-26-16-12-23-21(24-15-8-7-13(19(28)29)11-17(15)31-2)25-18(16)27(14-5-3-4-6-14)22(9-10-22)20(26)30;1-2/h7-8,11-12,14H,3-6,9-10H2,1-2H3,(H,28,29)(H,23,24,25);1-2H3. The lowest BCUT2D eigenvalue weighted by Crippen LogP contribution is -2.58. The molecular weight excluding hydrogens is 422 g/mol. The van der Waals surface area contributed by atoms with Crippen LogP contribution in [-0.4, -0.2) is 52.7 Å². The molecule has 9 heteroatoms. The molecule has 1 aromatic carbocycles. The SMILES string of the molecule is CC.COc1cc(C(=O)O)ccc1Nc1ncc2c(n1)N(C1CCCC1)C1(CC1)C(=O)N2C. The van der Waals surface area contributed by atoms with E-state index in [0.29, 0.717) is 29.1 Å². The van der Waals surface area contributed by atoms with Gasteiger partial charge in [0.2, 0.25) is 5.95 Å². The quantitative estimate of drug-likeness (QED) is 0.693. The van der Waals surface area contributed by atoms with Gasteiger partial charge in [-0.15, -0.1) is 0 Å². The zero-order valence-electron chi connectivity index (χ0n) is 19.6. The fourth-order valence-corrected chi connectivity index (χ4v) is 4.87. The van der Waals surface area contributed by atoms with Crippen molar-refractivity contribution in [2.75, 3.05) is 29.3 Å². The molecule has 1 spiro atoms. The predicted molar refractivity (Wildman–Crippen MR) is 127 cm³/mol. The van der Waals surface area contributed by atoms with E-state index >= 15 is 0 Å². The summed E-state index contributed by atoms with van der Waals surface area (Å²) in [4.78, 5) is 37.6. The molecule has 2 fully saturated rings. The first-order valence-corrected chi connectivity index (χ1v) is 11.6. The molecule has 1 amide bonds. The van der Waals surface area contributed by atoms with Gasteiger partial charge in [-0.05, 0) is 43.9 Å². The molecule has 2 N–H and O–H groups in total. The Labute approximate surface area is 193 Å². The summed E-state index contributed by atoms with van der Waals surface area (Å²) in [5.74, 6) is 0.651. The molecule has 1 aromatic heterocycles. The highest BCUT2D eigenvalue weighted by Crippen LogP contribution is 2.53. The smallest absolute Gasteiger partial charge is 0.335 e. The highest BCUT2D eigenvalue weighted by Gasteiger charge is 2.61. The maximum Gasteiger partial charge on any atom is 0.335 e. The predicted octanol–water partition coefficient (Wildman–Crippen LogP) is 4.21. The minimum atomic E-state index is -1.02. The number of hydrogen-bond acceptors (Lipinski definition) is 7. The van der Waals surface area contributed by atoms with Crippen molar-refractivity contribution in [3.63, 3.8) is 0 Å². The Morgan fingerprint density at radius 3 is 2.55 bits per heavy atom. The molecule has 5 rings (SSSR count). The number of aromatic carboxylic acids is 1. The summed E-state index contributed by atoms with van der Waals surface area (Å²) in [6.07, 6.45) is 7.84. The molecule has 1 aliphatic heterocycles. The fourth-order valence-electron chi connectivity index (χ4n) is 4.87. The molecule has 2 heterocycles. The van der Waals surface area contributed by atoms with E-state index in [9.17, 15) is 14.7 Å². The number of amides is 1. The number of carbonyl (C=O) groups excluding carboxylic acids is 1. The zero-order chi connectivity index (χ0) is 23.8. The van der Waals surface area contributed by atoms with Crippen molar-refractivity contribution in [3.05, 3.63) is 30.0 Å². The fraction of sp³-hybridized carbons (Fsp3) is 0.500. The average molecular weight is 454 g/mol. The molecule has 2 aliphatic carbocycles. The number of anilines is 4. The maximum atomic E-state index is 13.1. The lowest BCUT2D eigenvalue weighted by Gasteiger charge is -2.44. The van der Waals surface area contributed by atoms with E-state index in [0.717, 1.165) is 31.5 Å². The van der Waals surface area contributed by atoms with Crippen LogP contribution in [0.25, 0.3) is 0 Å². The number of likely N-dealkylation sites (N-methyl/N-ethyl adjacent to an activating group) is 1. The average Bonchev–Trinajstić information content (AvgIpc) is 3.43. The first-order valence-electron chi connectivity index (χ1n) is 11.6. The number of methoxy groups -OCH3 is 1. The van der Waals surface area contributed by atoms with Crippen molar-refractivity contribution in [2.45, 2.75) is 64.0 Å². The highest BCUT2D eigenvalue weighted by molar-refractivity contribution is 6.09. The second-order valence-corrected chi connectivity index (χ2v) is 8.45. The molecule has 3 aliphatic rings. The minimum Gasteiger partial charge on any atom is -0.495 e. The number of aromatic nitrogens is 2. The van der Waals surface area contributed by atoms with Gasteiger partial charge in [0.1, 0.15) is 17.0 Å². The number of carboxylic acids is 1. The van der Waals surface area contributed by atoms with Crippen molar-refractivity contribution in [1.82, 2.24) is 9.97 Å². The van der Waals surface area contributed by atoms with Crippen molar-refractivity contribution in [3.8, 4) is 5.75 Å². The van der Waals surface area contributed by atoms with Gasteiger partial charge in [0.05, 0.1) is 24.6 Å². The number of carbonyl (C=O) groups is 2. The van der Waals surface area contributed by atoms with Crippen molar-refractivity contribution in [2.24, 2.45) is 0 Å². The van der Waals surface area contributed by atoms with Gasteiger partial charge in [-0.1, -0.05) is 26.7 Å². The van der Waals surface area contributed by atoms with Crippen LogP contribution in [0.2, 0.25) is 0 Å². The molecule has 0 unspecified atom stereocenters. The van der Waals surface area contributed by atoms with E-state index < -0.39 is 11.5 Å². The summed E-state index contributed by atoms with van der Waals surface area (Å²) in [6.45, 7) is 4.00. The Bertz CT molecular complexity index is 1060. The van der Waals surface area contributed by atoms with Crippen LogP contribution in [0.1, 0.15) is 62.7 Å². The second kappa shape index (κ2) is 8.88. The Hall–Kier alpha value is -3.36. The van der Waals surface area contributed by atoms with Gasteiger partial charge in [0.25, 0.3) is 5.91 Å². The summed E-state index contributed by atoms with van der Waals surface area (Å²) >= 11 is 0. The third kappa shape index (κ3) is 3.85. The van der Waals surface area contributed by atoms with Crippen LogP contribution in [0, 0.1) is 0 Å². The van der Waals surface area contributed by atoms with Gasteiger partial charge < -0.3 is 25.0 Å². The van der Waals surface area contributed by atoms with Crippen LogP contribution in [0.4, 0.5) is 23.1 Å². The van der Waals surface area contributed by atoms with E-state index in [-0.39, 0.29) is 11.5 Å². The topological polar surface area (TPSA) is 108 Å². The molecule has 0 atom stereocenters. The van der Waals surface area contributed by atoms with Crippen molar-refractivity contribution >= 4 is 35.0 Å². The Kier molecular flexibility index (Phi) is 6.14. The number of fused-ring (bicyclic) bond motifs is 1. The van der Waals surface area contributed by atoms with Crippen LogP contribution in [0.5, 0.6) is 5.75 Å². The lowest BCUT2D eigenvalue weighted by molar-refractivity contribution is -0.121. The summed E-state index contributed by atoms with van der Waals surface area (Å²) in [6, 6.07) is 4.91. The summed E-state index contributed by atoms with van der Waals surface area (Å²) < 4.78 is 5.35. The number of rotatable bonds is 5. The molecule has 33 heavy (non-hydrogen) atoms. The van der Waals surface area contributed by atoms with Crippen LogP contribution >= 0.6 is 0 Å². The molecule has 176 valence electrons. The van der Waals surface area contributed by atoms with Crippen LogP contribution < -0.4 is 19.9 Å². The number of ether oxygens (including phenoxy) is 1. The van der Waals surface area contributed by atoms with E-state index in [4.69, 9.17) is 9.72 Å². The van der Waals surface area contributed by atoms with Gasteiger partial charge in [-0.3, -0.25) is 4.79 Å². The van der Waals surface area contributed by atoms with Crippen LogP contribution in [0.15, 0.2) is 24.4 Å². The second-order valence-electron chi connectivity index (χ2n) is 8.45.